The number of fused-ring (bicyclic) bond motifs is 1. The van der Waals surface area contributed by atoms with Gasteiger partial charge in [0.05, 0.1) is 22.5 Å². The van der Waals surface area contributed by atoms with Crippen molar-refractivity contribution in [3.05, 3.63) is 47.2 Å². The van der Waals surface area contributed by atoms with Crippen LogP contribution in [0.15, 0.2) is 36.7 Å². The van der Waals surface area contributed by atoms with Gasteiger partial charge >= 0.3 is 6.03 Å². The van der Waals surface area contributed by atoms with Crippen molar-refractivity contribution in [1.29, 1.82) is 0 Å². The third-order valence-corrected chi connectivity index (χ3v) is 5.09. The van der Waals surface area contributed by atoms with E-state index in [0.717, 1.165) is 18.4 Å². The van der Waals surface area contributed by atoms with Gasteiger partial charge in [-0.3, -0.25) is 9.78 Å². The van der Waals surface area contributed by atoms with Crippen LogP contribution in [0.2, 0.25) is 5.02 Å². The number of halogens is 1. The fourth-order valence-corrected chi connectivity index (χ4v) is 3.57. The predicted octanol–water partition coefficient (Wildman–Crippen LogP) is 3.28. The highest BCUT2D eigenvalue weighted by molar-refractivity contribution is 6.34. The number of hydrogen-bond donors (Lipinski definition) is 2. The summed E-state index contributed by atoms with van der Waals surface area (Å²) in [5.74, 6) is 0.215. The Morgan fingerprint density at radius 3 is 3.07 bits per heavy atom. The fraction of sp³-hybridized carbons (Fsp3) is 0.350. The Kier molecular flexibility index (Phi) is 5.82. The number of anilines is 2. The average Bonchev–Trinajstić information content (AvgIpc) is 3.22. The molecule has 0 radical (unpaired) electrons. The van der Waals surface area contributed by atoms with Crippen LogP contribution in [0.1, 0.15) is 18.4 Å². The molecule has 1 fully saturated rings. The third kappa shape index (κ3) is 4.78. The molecule has 1 saturated heterocycles. The number of pyridine rings is 1. The lowest BCUT2D eigenvalue weighted by Crippen LogP contribution is -2.39. The predicted molar refractivity (Wildman–Crippen MR) is 108 cm³/mol. The molecule has 2 aliphatic rings. The van der Waals surface area contributed by atoms with Crippen LogP contribution in [0.4, 0.5) is 16.2 Å². The first-order valence-corrected chi connectivity index (χ1v) is 9.79. The van der Waals surface area contributed by atoms with E-state index in [4.69, 9.17) is 21.1 Å². The summed E-state index contributed by atoms with van der Waals surface area (Å²) in [5, 5.41) is 5.85. The minimum absolute atomic E-state index is 0.00923. The summed E-state index contributed by atoms with van der Waals surface area (Å²) in [6.45, 7) is 1.51. The molecule has 1 aromatic carbocycles. The molecule has 2 aliphatic heterocycles. The summed E-state index contributed by atoms with van der Waals surface area (Å²) in [6, 6.07) is 6.64. The Morgan fingerprint density at radius 2 is 2.31 bits per heavy atom. The molecule has 1 atom stereocenters. The smallest absolute Gasteiger partial charge is 0.322 e. The van der Waals surface area contributed by atoms with Crippen LogP contribution in [0.25, 0.3) is 0 Å². The lowest BCUT2D eigenvalue weighted by molar-refractivity contribution is -0.118. The van der Waals surface area contributed by atoms with E-state index in [-0.39, 0.29) is 24.6 Å². The quantitative estimate of drug-likeness (QED) is 0.780. The number of ether oxygens (including phenoxy) is 2. The second-order valence-electron chi connectivity index (χ2n) is 6.97. The van der Waals surface area contributed by atoms with Crippen LogP contribution in [0, 0.1) is 0 Å². The summed E-state index contributed by atoms with van der Waals surface area (Å²) in [4.78, 5) is 30.3. The van der Waals surface area contributed by atoms with E-state index in [1.165, 1.54) is 0 Å². The topological polar surface area (TPSA) is 92.8 Å². The molecular weight excluding hydrogens is 396 g/mol. The maximum Gasteiger partial charge on any atom is 0.322 e. The van der Waals surface area contributed by atoms with Crippen molar-refractivity contribution in [1.82, 2.24) is 9.88 Å². The van der Waals surface area contributed by atoms with Gasteiger partial charge in [0.2, 0.25) is 0 Å². The lowest BCUT2D eigenvalue weighted by Gasteiger charge is -2.26. The Morgan fingerprint density at radius 1 is 1.41 bits per heavy atom. The van der Waals surface area contributed by atoms with E-state index in [1.54, 1.807) is 29.4 Å². The van der Waals surface area contributed by atoms with E-state index >= 15 is 0 Å². The van der Waals surface area contributed by atoms with Gasteiger partial charge in [0, 0.05) is 38.2 Å². The Hall–Kier alpha value is -2.84. The van der Waals surface area contributed by atoms with Gasteiger partial charge in [0.1, 0.15) is 5.75 Å². The zero-order valence-corrected chi connectivity index (χ0v) is 16.4. The highest BCUT2D eigenvalue weighted by atomic mass is 35.5. The molecule has 2 N–H and O–H groups in total. The molecule has 29 heavy (non-hydrogen) atoms. The second kappa shape index (κ2) is 8.67. The molecule has 3 heterocycles. The zero-order chi connectivity index (χ0) is 20.2. The molecule has 0 bridgehead atoms. The lowest BCUT2D eigenvalue weighted by atomic mass is 10.2. The maximum atomic E-state index is 13.0. The van der Waals surface area contributed by atoms with Crippen LogP contribution >= 0.6 is 11.6 Å². The number of rotatable bonds is 5. The van der Waals surface area contributed by atoms with Gasteiger partial charge < -0.3 is 25.0 Å². The number of amides is 3. The van der Waals surface area contributed by atoms with Gasteiger partial charge in [-0.15, -0.1) is 0 Å². The molecule has 152 valence electrons. The third-order valence-electron chi connectivity index (χ3n) is 4.78. The average molecular weight is 417 g/mol. The largest absolute Gasteiger partial charge is 0.482 e. The van der Waals surface area contributed by atoms with Crippen LogP contribution in [-0.2, 0) is 16.1 Å². The van der Waals surface area contributed by atoms with Crippen molar-refractivity contribution in [3.8, 4) is 5.75 Å². The highest BCUT2D eigenvalue weighted by Crippen LogP contribution is 2.36. The van der Waals surface area contributed by atoms with Crippen molar-refractivity contribution in [2.75, 3.05) is 30.4 Å². The van der Waals surface area contributed by atoms with Crippen molar-refractivity contribution in [3.63, 3.8) is 0 Å². The second-order valence-corrected chi connectivity index (χ2v) is 7.38. The number of carbonyl (C=O) groups excluding carboxylic acids is 2. The monoisotopic (exact) mass is 416 g/mol. The molecule has 0 saturated carbocycles. The molecule has 3 amide bonds. The normalized spacial score (nSPS) is 17.8. The van der Waals surface area contributed by atoms with Crippen LogP contribution in [0.3, 0.4) is 0 Å². The number of carbonyl (C=O) groups is 2. The van der Waals surface area contributed by atoms with Gasteiger partial charge in [-0.2, -0.15) is 0 Å². The molecule has 1 aromatic heterocycles. The highest BCUT2D eigenvalue weighted by Gasteiger charge is 2.24. The van der Waals surface area contributed by atoms with E-state index in [2.05, 4.69) is 15.6 Å². The van der Waals surface area contributed by atoms with Gasteiger partial charge in [-0.1, -0.05) is 17.7 Å². The first kappa shape index (κ1) is 19.5. The number of nitrogens with zero attached hydrogens (tertiary/aromatic N) is 2. The molecule has 9 heteroatoms. The first-order valence-electron chi connectivity index (χ1n) is 9.41. The molecule has 2 aromatic rings. The molecule has 0 aliphatic carbocycles. The molecular formula is C20H21ClN4O4. The van der Waals surface area contributed by atoms with Crippen molar-refractivity contribution in [2.45, 2.75) is 25.5 Å². The summed E-state index contributed by atoms with van der Waals surface area (Å²) in [5.41, 5.74) is 1.81. The van der Waals surface area contributed by atoms with E-state index in [0.29, 0.717) is 41.8 Å². The van der Waals surface area contributed by atoms with Crippen LogP contribution in [-0.4, -0.2) is 47.7 Å². The summed E-state index contributed by atoms with van der Waals surface area (Å²) < 4.78 is 11.1. The summed E-state index contributed by atoms with van der Waals surface area (Å²) >= 11 is 6.31. The Labute approximate surface area is 173 Å². The first-order chi connectivity index (χ1) is 14.1. The number of hydrogen-bond acceptors (Lipinski definition) is 5. The minimum atomic E-state index is -0.300. The summed E-state index contributed by atoms with van der Waals surface area (Å²) in [6.07, 6.45) is 5.35. The molecule has 8 nitrogen and oxygen atoms in total. The number of nitrogens with one attached hydrogen (secondary N) is 2. The number of urea groups is 1. The van der Waals surface area contributed by atoms with Crippen LogP contribution < -0.4 is 15.4 Å². The minimum Gasteiger partial charge on any atom is -0.482 e. The fourth-order valence-electron chi connectivity index (χ4n) is 3.36. The van der Waals surface area contributed by atoms with Crippen LogP contribution in [0.5, 0.6) is 5.75 Å². The standard InChI is InChI=1S/C20H21ClN4O4/c21-15-7-17-18(29-12-19(26)23-17)8-16(15)24-20(27)25(11-14-4-2-6-28-14)10-13-3-1-5-22-9-13/h1,3,5,7-9,14H,2,4,6,10-12H2,(H,23,26)(H,24,27)/t14-/m1/s1. The van der Waals surface area contributed by atoms with E-state index in [9.17, 15) is 9.59 Å². The van der Waals surface area contributed by atoms with E-state index < -0.39 is 0 Å². The molecule has 0 unspecified atom stereocenters. The summed E-state index contributed by atoms with van der Waals surface area (Å²) in [7, 11) is 0. The van der Waals surface area contributed by atoms with Gasteiger partial charge in [-0.05, 0) is 30.5 Å². The van der Waals surface area contributed by atoms with Gasteiger partial charge in [0.25, 0.3) is 5.91 Å². The number of benzene rings is 1. The van der Waals surface area contributed by atoms with Gasteiger partial charge in [-0.25, -0.2) is 4.79 Å². The molecule has 0 spiro atoms. The van der Waals surface area contributed by atoms with Gasteiger partial charge in [0.15, 0.2) is 6.61 Å². The maximum absolute atomic E-state index is 13.0. The Bertz CT molecular complexity index is 903. The molecule has 4 rings (SSSR count). The number of aromatic nitrogens is 1. The van der Waals surface area contributed by atoms with Crippen molar-refractivity contribution < 1.29 is 19.1 Å². The SMILES string of the molecule is O=C1COc2cc(NC(=O)N(Cc3cccnc3)C[C@H]3CCCO3)c(Cl)cc2N1. The van der Waals surface area contributed by atoms with E-state index in [1.807, 2.05) is 12.1 Å². The Balaban J connectivity index is 1.51. The zero-order valence-electron chi connectivity index (χ0n) is 15.7. The van der Waals surface area contributed by atoms with Crippen molar-refractivity contribution in [2.24, 2.45) is 0 Å². The van der Waals surface area contributed by atoms with Crippen molar-refractivity contribution >= 4 is 34.9 Å².